The first-order valence-electron chi connectivity index (χ1n) is 8.44. The molecule has 0 spiro atoms. The minimum Gasteiger partial charge on any atom is -0.484 e. The number of hydrogen-bond acceptors (Lipinski definition) is 4. The summed E-state index contributed by atoms with van der Waals surface area (Å²) in [6, 6.07) is 11.6. The van der Waals surface area contributed by atoms with Gasteiger partial charge in [0, 0.05) is 24.5 Å². The number of nitrogens with zero attached hydrogens (tertiary/aromatic N) is 1. The van der Waals surface area contributed by atoms with Crippen molar-refractivity contribution in [3.63, 3.8) is 0 Å². The first kappa shape index (κ1) is 19.0. The van der Waals surface area contributed by atoms with Crippen molar-refractivity contribution in [2.75, 3.05) is 43.1 Å². The molecular weight excluding hydrogens is 361 g/mol. The highest BCUT2D eigenvalue weighted by molar-refractivity contribution is 5.92. The molecule has 0 saturated carbocycles. The maximum Gasteiger partial charge on any atom is 0.416 e. The first-order valence-corrected chi connectivity index (χ1v) is 8.44. The maximum absolute atomic E-state index is 12.5. The van der Waals surface area contributed by atoms with E-state index in [0.717, 1.165) is 30.9 Å². The molecule has 1 amide bonds. The Bertz CT molecular complexity index is 755. The number of morpholine rings is 1. The van der Waals surface area contributed by atoms with E-state index in [2.05, 4.69) is 10.2 Å². The Balaban J connectivity index is 1.49. The quantitative estimate of drug-likeness (QED) is 0.862. The monoisotopic (exact) mass is 380 g/mol. The molecule has 0 aromatic heterocycles. The van der Waals surface area contributed by atoms with Gasteiger partial charge < -0.3 is 19.7 Å². The van der Waals surface area contributed by atoms with Crippen molar-refractivity contribution in [2.24, 2.45) is 0 Å². The van der Waals surface area contributed by atoms with Crippen LogP contribution in [0.2, 0.25) is 0 Å². The van der Waals surface area contributed by atoms with Crippen molar-refractivity contribution in [3.8, 4) is 5.75 Å². The minimum atomic E-state index is -4.40. The summed E-state index contributed by atoms with van der Waals surface area (Å²) in [6.45, 7) is 2.75. The maximum atomic E-state index is 12.5. The van der Waals surface area contributed by atoms with Gasteiger partial charge in [-0.3, -0.25) is 4.79 Å². The first-order chi connectivity index (χ1) is 12.9. The third-order valence-corrected chi connectivity index (χ3v) is 4.08. The molecule has 5 nitrogen and oxygen atoms in total. The zero-order valence-corrected chi connectivity index (χ0v) is 14.5. The summed E-state index contributed by atoms with van der Waals surface area (Å²) in [5.74, 6) is -0.199. The Hall–Kier alpha value is -2.74. The molecule has 2 aromatic rings. The van der Waals surface area contributed by atoms with E-state index in [0.29, 0.717) is 18.9 Å². The Morgan fingerprint density at radius 3 is 2.26 bits per heavy atom. The van der Waals surface area contributed by atoms with E-state index in [4.69, 9.17) is 9.47 Å². The number of ether oxygens (including phenoxy) is 2. The average molecular weight is 380 g/mol. The van der Waals surface area contributed by atoms with E-state index in [1.807, 2.05) is 12.1 Å². The average Bonchev–Trinajstić information content (AvgIpc) is 2.67. The Labute approximate surface area is 154 Å². The fraction of sp³-hybridized carbons (Fsp3) is 0.316. The second-order valence-electron chi connectivity index (χ2n) is 6.01. The normalized spacial score (nSPS) is 14.7. The van der Waals surface area contributed by atoms with Crippen molar-refractivity contribution in [3.05, 3.63) is 54.1 Å². The molecule has 8 heteroatoms. The summed E-state index contributed by atoms with van der Waals surface area (Å²) in [6.07, 6.45) is -4.40. The van der Waals surface area contributed by atoms with Crippen LogP contribution < -0.4 is 15.0 Å². The van der Waals surface area contributed by atoms with E-state index < -0.39 is 17.6 Å². The van der Waals surface area contributed by atoms with Crippen LogP contribution in [0.25, 0.3) is 0 Å². The molecule has 1 heterocycles. The van der Waals surface area contributed by atoms with Gasteiger partial charge in [0.2, 0.25) is 0 Å². The van der Waals surface area contributed by atoms with Crippen LogP contribution >= 0.6 is 0 Å². The predicted molar refractivity (Wildman–Crippen MR) is 95.0 cm³/mol. The fourth-order valence-electron chi connectivity index (χ4n) is 2.66. The molecule has 0 unspecified atom stereocenters. The van der Waals surface area contributed by atoms with Crippen molar-refractivity contribution >= 4 is 17.3 Å². The molecule has 0 aliphatic carbocycles. The lowest BCUT2D eigenvalue weighted by Crippen LogP contribution is -2.36. The van der Waals surface area contributed by atoms with Gasteiger partial charge in [-0.15, -0.1) is 0 Å². The molecule has 0 radical (unpaired) electrons. The lowest BCUT2D eigenvalue weighted by molar-refractivity contribution is -0.137. The van der Waals surface area contributed by atoms with E-state index in [-0.39, 0.29) is 12.4 Å². The molecule has 27 heavy (non-hydrogen) atoms. The van der Waals surface area contributed by atoms with Crippen molar-refractivity contribution in [1.29, 1.82) is 0 Å². The summed E-state index contributed by atoms with van der Waals surface area (Å²) in [5.41, 5.74) is 0.907. The zero-order valence-electron chi connectivity index (χ0n) is 14.5. The molecule has 1 N–H and O–H groups in total. The van der Waals surface area contributed by atoms with E-state index >= 15 is 0 Å². The number of hydrogen-bond donors (Lipinski definition) is 1. The van der Waals surface area contributed by atoms with E-state index in [9.17, 15) is 18.0 Å². The Morgan fingerprint density at radius 2 is 1.67 bits per heavy atom. The number of nitrogens with one attached hydrogen (secondary N) is 1. The van der Waals surface area contributed by atoms with Gasteiger partial charge in [0.1, 0.15) is 5.75 Å². The van der Waals surface area contributed by atoms with Crippen LogP contribution in [-0.2, 0) is 15.7 Å². The highest BCUT2D eigenvalue weighted by Crippen LogP contribution is 2.30. The molecular formula is C19H19F3N2O3. The largest absolute Gasteiger partial charge is 0.484 e. The summed E-state index contributed by atoms with van der Waals surface area (Å²) in [5, 5.41) is 2.69. The third kappa shape index (κ3) is 5.37. The van der Waals surface area contributed by atoms with Gasteiger partial charge in [0.25, 0.3) is 5.91 Å². The lowest BCUT2D eigenvalue weighted by atomic mass is 10.2. The number of rotatable bonds is 5. The molecule has 144 valence electrons. The van der Waals surface area contributed by atoms with Gasteiger partial charge in [0.05, 0.1) is 18.8 Å². The lowest BCUT2D eigenvalue weighted by Gasteiger charge is -2.28. The number of halogens is 3. The molecule has 1 aliphatic heterocycles. The third-order valence-electron chi connectivity index (χ3n) is 4.08. The Kier molecular flexibility index (Phi) is 5.85. The van der Waals surface area contributed by atoms with Crippen LogP contribution in [0.15, 0.2) is 48.5 Å². The number of carbonyl (C=O) groups excluding carboxylic acids is 1. The SMILES string of the molecule is O=C(COc1ccc(C(F)(F)F)cc1)Nc1ccc(N2CCOCC2)cc1. The summed E-state index contributed by atoms with van der Waals surface area (Å²) in [4.78, 5) is 14.2. The van der Waals surface area contributed by atoms with Crippen LogP contribution in [0, 0.1) is 0 Å². The fourth-order valence-corrected chi connectivity index (χ4v) is 2.66. The zero-order chi connectivity index (χ0) is 19.3. The van der Waals surface area contributed by atoms with Crippen LogP contribution in [0.1, 0.15) is 5.56 Å². The van der Waals surface area contributed by atoms with Crippen molar-refractivity contribution in [1.82, 2.24) is 0 Å². The number of alkyl halides is 3. The minimum absolute atomic E-state index is 0.195. The molecule has 1 fully saturated rings. The second kappa shape index (κ2) is 8.30. The van der Waals surface area contributed by atoms with Gasteiger partial charge in [-0.05, 0) is 48.5 Å². The van der Waals surface area contributed by atoms with Gasteiger partial charge in [0.15, 0.2) is 6.61 Å². The number of anilines is 2. The molecule has 1 saturated heterocycles. The van der Waals surface area contributed by atoms with Crippen LogP contribution in [0.5, 0.6) is 5.75 Å². The van der Waals surface area contributed by atoms with Crippen molar-refractivity contribution < 1.29 is 27.4 Å². The van der Waals surface area contributed by atoms with Gasteiger partial charge in [-0.25, -0.2) is 0 Å². The van der Waals surface area contributed by atoms with Crippen molar-refractivity contribution in [2.45, 2.75) is 6.18 Å². The molecule has 0 atom stereocenters. The molecule has 3 rings (SSSR count). The standard InChI is InChI=1S/C19H19F3N2O3/c20-19(21,22)14-1-7-17(8-2-14)27-13-18(25)23-15-3-5-16(6-4-15)24-9-11-26-12-10-24/h1-8H,9-13H2,(H,23,25). The summed E-state index contributed by atoms with van der Waals surface area (Å²) in [7, 11) is 0. The Morgan fingerprint density at radius 1 is 1.04 bits per heavy atom. The van der Waals surface area contributed by atoms with Crippen LogP contribution in [0.4, 0.5) is 24.5 Å². The van der Waals surface area contributed by atoms with E-state index in [1.165, 1.54) is 12.1 Å². The second-order valence-corrected chi connectivity index (χ2v) is 6.01. The molecule has 1 aliphatic rings. The van der Waals surface area contributed by atoms with Crippen LogP contribution in [0.3, 0.4) is 0 Å². The van der Waals surface area contributed by atoms with Gasteiger partial charge in [-0.1, -0.05) is 0 Å². The predicted octanol–water partition coefficient (Wildman–Crippen LogP) is 3.56. The van der Waals surface area contributed by atoms with Crippen LogP contribution in [-0.4, -0.2) is 38.8 Å². The number of benzene rings is 2. The molecule has 2 aromatic carbocycles. The molecule has 0 bridgehead atoms. The van der Waals surface area contributed by atoms with Gasteiger partial charge in [-0.2, -0.15) is 13.2 Å². The summed E-state index contributed by atoms with van der Waals surface area (Å²) < 4.78 is 48.1. The van der Waals surface area contributed by atoms with Gasteiger partial charge >= 0.3 is 6.18 Å². The smallest absolute Gasteiger partial charge is 0.416 e. The highest BCUT2D eigenvalue weighted by atomic mass is 19.4. The summed E-state index contributed by atoms with van der Waals surface area (Å²) >= 11 is 0. The number of amides is 1. The number of carbonyl (C=O) groups is 1. The topological polar surface area (TPSA) is 50.8 Å². The highest BCUT2D eigenvalue weighted by Gasteiger charge is 2.30. The van der Waals surface area contributed by atoms with E-state index in [1.54, 1.807) is 12.1 Å².